The van der Waals surface area contributed by atoms with E-state index < -0.39 is 5.41 Å². The van der Waals surface area contributed by atoms with Gasteiger partial charge in [-0.1, -0.05) is 42.5 Å². The van der Waals surface area contributed by atoms with Crippen LogP contribution in [0.5, 0.6) is 0 Å². The predicted octanol–water partition coefficient (Wildman–Crippen LogP) is 4.41. The van der Waals surface area contributed by atoms with Crippen molar-refractivity contribution in [3.05, 3.63) is 59.5 Å². The Labute approximate surface area is 176 Å². The highest BCUT2D eigenvalue weighted by molar-refractivity contribution is 7.13. The minimum atomic E-state index is -0.687. The molecule has 1 aliphatic heterocycles. The molecular weight excluding hydrogens is 380 g/mol. The van der Waals surface area contributed by atoms with Gasteiger partial charge < -0.3 is 10.6 Å². The molecule has 1 fully saturated rings. The van der Waals surface area contributed by atoms with Gasteiger partial charge in [-0.15, -0.1) is 11.3 Å². The van der Waals surface area contributed by atoms with E-state index in [4.69, 9.17) is 5.73 Å². The fourth-order valence-electron chi connectivity index (χ4n) is 4.66. The largest absolute Gasteiger partial charge is 0.369 e. The highest BCUT2D eigenvalue weighted by Crippen LogP contribution is 2.36. The second-order valence-electron chi connectivity index (χ2n) is 8.39. The number of piperidine rings is 1. The summed E-state index contributed by atoms with van der Waals surface area (Å²) in [5.74, 6) is 0.200. The van der Waals surface area contributed by atoms with Crippen molar-refractivity contribution in [1.82, 2.24) is 4.90 Å². The van der Waals surface area contributed by atoms with Crippen LogP contribution in [0.4, 0.5) is 0 Å². The van der Waals surface area contributed by atoms with Gasteiger partial charge in [0.25, 0.3) is 0 Å². The summed E-state index contributed by atoms with van der Waals surface area (Å²) in [6.45, 7) is 1.15. The molecule has 4 nitrogen and oxygen atoms in total. The number of nitrogens with zero attached hydrogens (tertiary/aromatic N) is 1. The molecule has 0 radical (unpaired) electrons. The van der Waals surface area contributed by atoms with Gasteiger partial charge in [0.1, 0.15) is 0 Å². The lowest BCUT2D eigenvalue weighted by molar-refractivity contribution is -0.140. The zero-order valence-corrected chi connectivity index (χ0v) is 17.5. The SMILES string of the molecule is NC(=O)[C@@]1(Cc2cccc(-c3cccs3)c2)CCCN(C(=O)C[C@H]2C=CCC2)C1. The molecule has 1 aromatic heterocycles. The van der Waals surface area contributed by atoms with Crippen molar-refractivity contribution in [2.75, 3.05) is 13.1 Å². The number of hydrogen-bond donors (Lipinski definition) is 1. The second-order valence-corrected chi connectivity index (χ2v) is 9.34. The zero-order chi connectivity index (χ0) is 20.3. The Hall–Kier alpha value is -2.40. The molecule has 0 unspecified atom stereocenters. The van der Waals surface area contributed by atoms with E-state index in [9.17, 15) is 9.59 Å². The number of primary amides is 1. The molecule has 1 saturated heterocycles. The second kappa shape index (κ2) is 8.54. The normalized spacial score (nSPS) is 24.0. The third-order valence-electron chi connectivity index (χ3n) is 6.28. The number of carbonyl (C=O) groups excluding carboxylic acids is 2. The van der Waals surface area contributed by atoms with Crippen LogP contribution < -0.4 is 5.73 Å². The van der Waals surface area contributed by atoms with Gasteiger partial charge in [-0.2, -0.15) is 0 Å². The number of rotatable bonds is 6. The van der Waals surface area contributed by atoms with Crippen LogP contribution in [0.15, 0.2) is 53.9 Å². The third-order valence-corrected chi connectivity index (χ3v) is 7.20. The molecule has 1 aromatic carbocycles. The Morgan fingerprint density at radius 2 is 2.14 bits per heavy atom. The van der Waals surface area contributed by atoms with E-state index >= 15 is 0 Å². The summed E-state index contributed by atoms with van der Waals surface area (Å²) in [6, 6.07) is 12.5. The summed E-state index contributed by atoms with van der Waals surface area (Å²) in [5.41, 5.74) is 7.50. The average molecular weight is 409 g/mol. The predicted molar refractivity (Wildman–Crippen MR) is 117 cm³/mol. The highest BCUT2D eigenvalue weighted by atomic mass is 32.1. The maximum atomic E-state index is 12.9. The minimum Gasteiger partial charge on any atom is -0.369 e. The van der Waals surface area contributed by atoms with Crippen molar-refractivity contribution in [3.63, 3.8) is 0 Å². The molecule has 2 amide bonds. The van der Waals surface area contributed by atoms with E-state index in [1.165, 1.54) is 4.88 Å². The number of likely N-dealkylation sites (tertiary alicyclic amines) is 1. The van der Waals surface area contributed by atoms with E-state index in [0.29, 0.717) is 25.3 Å². The van der Waals surface area contributed by atoms with Gasteiger partial charge in [0, 0.05) is 24.4 Å². The Kier molecular flexibility index (Phi) is 5.86. The fourth-order valence-corrected chi connectivity index (χ4v) is 5.39. The highest BCUT2D eigenvalue weighted by Gasteiger charge is 2.42. The summed E-state index contributed by atoms with van der Waals surface area (Å²) in [4.78, 5) is 28.5. The molecule has 1 aliphatic carbocycles. The zero-order valence-electron chi connectivity index (χ0n) is 16.7. The number of carbonyl (C=O) groups is 2. The van der Waals surface area contributed by atoms with Crippen molar-refractivity contribution in [2.24, 2.45) is 17.1 Å². The topological polar surface area (TPSA) is 63.4 Å². The van der Waals surface area contributed by atoms with E-state index in [2.05, 4.69) is 41.8 Å². The molecule has 2 N–H and O–H groups in total. The van der Waals surface area contributed by atoms with Crippen LogP contribution in [-0.2, 0) is 16.0 Å². The summed E-state index contributed by atoms with van der Waals surface area (Å²) < 4.78 is 0. The quantitative estimate of drug-likeness (QED) is 0.720. The summed E-state index contributed by atoms with van der Waals surface area (Å²) in [7, 11) is 0. The Bertz CT molecular complexity index is 905. The Morgan fingerprint density at radius 3 is 2.86 bits per heavy atom. The molecular formula is C24H28N2O2S. The maximum Gasteiger partial charge on any atom is 0.225 e. The van der Waals surface area contributed by atoms with Crippen molar-refractivity contribution in [1.29, 1.82) is 0 Å². The first-order valence-corrected chi connectivity index (χ1v) is 11.3. The number of hydrogen-bond acceptors (Lipinski definition) is 3. The molecule has 5 heteroatoms. The number of thiophene rings is 1. The van der Waals surface area contributed by atoms with Crippen LogP contribution in [0, 0.1) is 11.3 Å². The minimum absolute atomic E-state index is 0.152. The summed E-state index contributed by atoms with van der Waals surface area (Å²) in [6.07, 6.45) is 9.09. The maximum absolute atomic E-state index is 12.9. The van der Waals surface area contributed by atoms with Crippen LogP contribution in [0.2, 0.25) is 0 Å². The van der Waals surface area contributed by atoms with Gasteiger partial charge in [-0.25, -0.2) is 0 Å². The lowest BCUT2D eigenvalue weighted by Gasteiger charge is -2.41. The van der Waals surface area contributed by atoms with Gasteiger partial charge >= 0.3 is 0 Å². The van der Waals surface area contributed by atoms with Gasteiger partial charge in [-0.05, 0) is 60.6 Å². The third kappa shape index (κ3) is 4.45. The summed E-state index contributed by atoms with van der Waals surface area (Å²) in [5, 5.41) is 2.07. The van der Waals surface area contributed by atoms with Gasteiger partial charge in [0.15, 0.2) is 0 Å². The first-order valence-electron chi connectivity index (χ1n) is 10.4. The van der Waals surface area contributed by atoms with Crippen LogP contribution in [0.25, 0.3) is 10.4 Å². The van der Waals surface area contributed by atoms with Crippen LogP contribution >= 0.6 is 11.3 Å². The molecule has 2 aliphatic rings. The Morgan fingerprint density at radius 1 is 1.24 bits per heavy atom. The smallest absolute Gasteiger partial charge is 0.225 e. The Balaban J connectivity index is 1.51. The van der Waals surface area contributed by atoms with E-state index in [-0.39, 0.29) is 11.8 Å². The molecule has 4 rings (SSSR count). The van der Waals surface area contributed by atoms with Gasteiger partial charge in [-0.3, -0.25) is 9.59 Å². The molecule has 29 heavy (non-hydrogen) atoms. The van der Waals surface area contributed by atoms with E-state index in [0.717, 1.165) is 43.4 Å². The first kappa shape index (κ1) is 19.9. The lowest BCUT2D eigenvalue weighted by atomic mass is 9.74. The number of nitrogens with two attached hydrogens (primary N) is 1. The first-order chi connectivity index (χ1) is 14.1. The number of allylic oxidation sites excluding steroid dienone is 2. The molecule has 0 bridgehead atoms. The molecule has 0 saturated carbocycles. The van der Waals surface area contributed by atoms with Crippen molar-refractivity contribution in [3.8, 4) is 10.4 Å². The van der Waals surface area contributed by atoms with Gasteiger partial charge in [0.2, 0.25) is 11.8 Å². The van der Waals surface area contributed by atoms with Crippen molar-refractivity contribution < 1.29 is 9.59 Å². The monoisotopic (exact) mass is 408 g/mol. The molecule has 2 heterocycles. The average Bonchev–Trinajstić information content (AvgIpc) is 3.42. The van der Waals surface area contributed by atoms with Crippen LogP contribution in [0.3, 0.4) is 0 Å². The van der Waals surface area contributed by atoms with Crippen LogP contribution in [-0.4, -0.2) is 29.8 Å². The molecule has 0 spiro atoms. The van der Waals surface area contributed by atoms with E-state index in [1.54, 1.807) is 11.3 Å². The molecule has 2 atom stereocenters. The van der Waals surface area contributed by atoms with Crippen molar-refractivity contribution in [2.45, 2.75) is 38.5 Å². The molecule has 2 aromatic rings. The van der Waals surface area contributed by atoms with Gasteiger partial charge in [0.05, 0.1) is 5.41 Å². The van der Waals surface area contributed by atoms with E-state index in [1.807, 2.05) is 17.0 Å². The molecule has 152 valence electrons. The van der Waals surface area contributed by atoms with Crippen LogP contribution in [0.1, 0.15) is 37.7 Å². The number of benzene rings is 1. The summed E-state index contributed by atoms with van der Waals surface area (Å²) >= 11 is 1.71. The lowest BCUT2D eigenvalue weighted by Crippen LogP contribution is -2.53. The fraction of sp³-hybridized carbons (Fsp3) is 0.417. The van der Waals surface area contributed by atoms with Crippen molar-refractivity contribution >= 4 is 23.2 Å². The number of amides is 2. The standard InChI is InChI=1S/C24H28N2O2S/c25-23(28)24(16-19-8-3-9-20(14-19)21-10-4-13-29-21)11-5-12-26(17-24)22(27)15-18-6-1-2-7-18/h1,3-4,6,8-10,13-14,18H,2,5,7,11-12,15-17H2,(H2,25,28)/t18-,24+/m0/s1.